The second-order valence-electron chi connectivity index (χ2n) is 5.40. The summed E-state index contributed by atoms with van der Waals surface area (Å²) in [5, 5.41) is 0. The lowest BCUT2D eigenvalue weighted by Gasteiger charge is -2.42. The highest BCUT2D eigenvalue weighted by atomic mass is 28.4. The smallest absolute Gasteiger partial charge is 0.370 e. The van der Waals surface area contributed by atoms with E-state index in [2.05, 4.69) is 13.3 Å². The normalized spacial score (nSPS) is 15.2. The summed E-state index contributed by atoms with van der Waals surface area (Å²) in [5.74, 6) is -19.9. The van der Waals surface area contributed by atoms with Gasteiger partial charge in [-0.2, -0.15) is 48.3 Å². The summed E-state index contributed by atoms with van der Waals surface area (Å²) in [6.07, 6.45) is -10.8. The molecule has 0 aliphatic heterocycles. The topological polar surface area (TPSA) is 27.7 Å². The molecule has 0 aliphatic rings. The van der Waals surface area contributed by atoms with Crippen LogP contribution in [0.2, 0.25) is 0 Å². The molecule has 0 aliphatic carbocycles. The number of rotatable bonds is 12. The van der Waals surface area contributed by atoms with Gasteiger partial charge in [0.2, 0.25) is 0 Å². The molecule has 0 N–H and O–H groups in total. The Labute approximate surface area is 154 Å². The van der Waals surface area contributed by atoms with Gasteiger partial charge in [-0.15, -0.1) is 0 Å². The fourth-order valence-electron chi connectivity index (χ4n) is 2.04. The molecule has 15 heteroatoms. The van der Waals surface area contributed by atoms with Gasteiger partial charge in [0.15, 0.2) is 0 Å². The van der Waals surface area contributed by atoms with Gasteiger partial charge in [0.05, 0.1) is 0 Å². The number of hydrogen-bond acceptors (Lipinski definition) is 3. The summed E-state index contributed by atoms with van der Waals surface area (Å²) in [6.45, 7) is 0.661. The summed E-state index contributed by atoms with van der Waals surface area (Å²) in [5.41, 5.74) is -6.09. The molecule has 28 heavy (non-hydrogen) atoms. The van der Waals surface area contributed by atoms with Crippen LogP contribution in [-0.2, 0) is 13.3 Å². The van der Waals surface area contributed by atoms with Crippen LogP contribution in [0, 0.1) is 0 Å². The average Bonchev–Trinajstić information content (AvgIpc) is 2.52. The molecule has 3 nitrogen and oxygen atoms in total. The van der Waals surface area contributed by atoms with Crippen LogP contribution in [0.3, 0.4) is 0 Å². The quantitative estimate of drug-likeness (QED) is 0.286. The van der Waals surface area contributed by atoms with E-state index in [1.54, 1.807) is 0 Å². The molecule has 0 unspecified atom stereocenters. The lowest BCUT2D eigenvalue weighted by Crippen LogP contribution is -2.74. The molecule has 0 aromatic carbocycles. The highest BCUT2D eigenvalue weighted by Gasteiger charge is 2.88. The van der Waals surface area contributed by atoms with E-state index in [0.29, 0.717) is 0 Å². The molecule has 0 saturated heterocycles. The third kappa shape index (κ3) is 5.08. The first-order valence-corrected chi connectivity index (χ1v) is 9.61. The summed E-state index contributed by atoms with van der Waals surface area (Å²) < 4.78 is 161. The van der Waals surface area contributed by atoms with E-state index >= 15 is 0 Å². The standard InChI is InChI=1S/C13H19F11O3Si/c1-4-25-28(26-5-2,27-6-3)13(23,24)12(21,22)11(19,20)9(14,15)7-8-10(16,17)18/h4-8H2,1-3H3. The maximum atomic E-state index is 14.5. The van der Waals surface area contributed by atoms with E-state index in [1.165, 1.54) is 0 Å². The summed E-state index contributed by atoms with van der Waals surface area (Å²) in [4.78, 5) is 0. The van der Waals surface area contributed by atoms with Crippen LogP contribution >= 0.6 is 0 Å². The Morgan fingerprint density at radius 2 is 0.929 bits per heavy atom. The fourth-order valence-corrected chi connectivity index (χ4v) is 4.52. The number of hydrogen-bond donors (Lipinski definition) is 0. The molecule has 0 aromatic rings. The van der Waals surface area contributed by atoms with E-state index < -0.39 is 71.0 Å². The lowest BCUT2D eigenvalue weighted by molar-refractivity contribution is -0.361. The predicted octanol–water partition coefficient (Wildman–Crippen LogP) is 5.46. The molecule has 0 rings (SSSR count). The Morgan fingerprint density at radius 3 is 1.21 bits per heavy atom. The van der Waals surface area contributed by atoms with Crippen molar-refractivity contribution < 1.29 is 61.6 Å². The van der Waals surface area contributed by atoms with Crippen molar-refractivity contribution in [1.82, 2.24) is 0 Å². The highest BCUT2D eigenvalue weighted by molar-refractivity contribution is 6.63. The monoisotopic (exact) mass is 460 g/mol. The van der Waals surface area contributed by atoms with Gasteiger partial charge in [-0.05, 0) is 20.8 Å². The van der Waals surface area contributed by atoms with Crippen LogP contribution in [0.15, 0.2) is 0 Å². The van der Waals surface area contributed by atoms with E-state index in [1.807, 2.05) is 0 Å². The summed E-state index contributed by atoms with van der Waals surface area (Å²) in [7, 11) is -6.03. The van der Waals surface area contributed by atoms with Crippen molar-refractivity contribution in [2.24, 2.45) is 0 Å². The van der Waals surface area contributed by atoms with E-state index in [-0.39, 0.29) is 0 Å². The van der Waals surface area contributed by atoms with Crippen molar-refractivity contribution in [3.63, 3.8) is 0 Å². The molecule has 0 spiro atoms. The summed E-state index contributed by atoms with van der Waals surface area (Å²) in [6, 6.07) is 0. The number of alkyl halides is 11. The van der Waals surface area contributed by atoms with Crippen LogP contribution < -0.4 is 0 Å². The molecule has 0 radical (unpaired) electrons. The van der Waals surface area contributed by atoms with Gasteiger partial charge in [-0.1, -0.05) is 0 Å². The molecule has 0 atom stereocenters. The van der Waals surface area contributed by atoms with Crippen molar-refractivity contribution in [3.8, 4) is 0 Å². The van der Waals surface area contributed by atoms with Crippen LogP contribution in [-0.4, -0.2) is 58.1 Å². The Kier molecular flexibility index (Phi) is 8.78. The third-order valence-corrected chi connectivity index (χ3v) is 6.45. The minimum Gasteiger partial charge on any atom is -0.370 e. The number of halogens is 11. The minimum absolute atomic E-state index is 0.784. The van der Waals surface area contributed by atoms with E-state index in [9.17, 15) is 48.3 Å². The van der Waals surface area contributed by atoms with Gasteiger partial charge in [0.1, 0.15) is 0 Å². The van der Waals surface area contributed by atoms with Gasteiger partial charge in [0.25, 0.3) is 0 Å². The minimum atomic E-state index is -6.88. The van der Waals surface area contributed by atoms with Crippen molar-refractivity contribution in [1.29, 1.82) is 0 Å². The lowest BCUT2D eigenvalue weighted by atomic mass is 10.00. The SMILES string of the molecule is CCO[Si](OCC)(OCC)C(F)(F)C(F)(F)C(F)(F)C(F)(F)CCC(F)(F)F. The van der Waals surface area contributed by atoms with Crippen LogP contribution in [0.4, 0.5) is 48.3 Å². The summed E-state index contributed by atoms with van der Waals surface area (Å²) >= 11 is 0. The molecular weight excluding hydrogens is 441 g/mol. The van der Waals surface area contributed by atoms with Crippen molar-refractivity contribution in [2.45, 2.75) is 63.1 Å². The molecular formula is C13H19F11O3Si. The van der Waals surface area contributed by atoms with Crippen LogP contribution in [0.1, 0.15) is 33.6 Å². The molecule has 0 saturated carbocycles. The molecule has 0 aromatic heterocycles. The Hall–Kier alpha value is -0.673. The molecule has 0 amide bonds. The van der Waals surface area contributed by atoms with Crippen LogP contribution in [0.5, 0.6) is 0 Å². The van der Waals surface area contributed by atoms with Gasteiger partial charge in [-0.3, -0.25) is 0 Å². The molecule has 0 fully saturated rings. The van der Waals surface area contributed by atoms with Crippen molar-refractivity contribution in [2.75, 3.05) is 19.8 Å². The zero-order chi connectivity index (χ0) is 22.7. The first kappa shape index (κ1) is 27.3. The van der Waals surface area contributed by atoms with Gasteiger partial charge in [0, 0.05) is 32.7 Å². The van der Waals surface area contributed by atoms with Gasteiger partial charge < -0.3 is 13.3 Å². The van der Waals surface area contributed by atoms with E-state index in [4.69, 9.17) is 0 Å². The molecule has 0 bridgehead atoms. The van der Waals surface area contributed by atoms with Gasteiger partial charge >= 0.3 is 38.3 Å². The zero-order valence-electron chi connectivity index (χ0n) is 14.9. The second-order valence-corrected chi connectivity index (χ2v) is 8.00. The van der Waals surface area contributed by atoms with Gasteiger partial charge in [-0.25, -0.2) is 0 Å². The predicted molar refractivity (Wildman–Crippen MR) is 75.7 cm³/mol. The Balaban J connectivity index is 6.23. The first-order chi connectivity index (χ1) is 12.4. The second kappa shape index (κ2) is 9.00. The third-order valence-electron chi connectivity index (χ3n) is 3.36. The zero-order valence-corrected chi connectivity index (χ0v) is 15.9. The highest BCUT2D eigenvalue weighted by Crippen LogP contribution is 2.57. The average molecular weight is 460 g/mol. The largest absolute Gasteiger partial charge is 0.582 e. The first-order valence-electron chi connectivity index (χ1n) is 7.89. The van der Waals surface area contributed by atoms with E-state index in [0.717, 1.165) is 20.8 Å². The maximum Gasteiger partial charge on any atom is 0.582 e. The van der Waals surface area contributed by atoms with Crippen molar-refractivity contribution in [3.05, 3.63) is 0 Å². The molecule has 170 valence electrons. The Bertz CT molecular complexity index is 480. The van der Waals surface area contributed by atoms with Crippen LogP contribution in [0.25, 0.3) is 0 Å². The van der Waals surface area contributed by atoms with Crippen molar-refractivity contribution >= 4 is 8.80 Å². The molecule has 0 heterocycles. The Morgan fingerprint density at radius 1 is 0.571 bits per heavy atom. The maximum absolute atomic E-state index is 14.5. The fraction of sp³-hybridized carbons (Fsp3) is 1.00.